The predicted molar refractivity (Wildman–Crippen MR) is 66.9 cm³/mol. The Hall–Kier alpha value is -1.18. The molecule has 1 aromatic carbocycles. The van der Waals surface area contributed by atoms with Gasteiger partial charge in [0, 0.05) is 0 Å². The van der Waals surface area contributed by atoms with Crippen molar-refractivity contribution < 1.29 is 17.9 Å². The number of aliphatic hydroxyl groups excluding tert-OH is 1. The Morgan fingerprint density at radius 3 is 2.44 bits per heavy atom. The van der Waals surface area contributed by atoms with Crippen LogP contribution < -0.4 is 10.5 Å². The van der Waals surface area contributed by atoms with E-state index in [2.05, 4.69) is 4.72 Å². The van der Waals surface area contributed by atoms with E-state index >= 15 is 0 Å². The average molecular weight is 276 g/mol. The van der Waals surface area contributed by atoms with Gasteiger partial charge in [0.25, 0.3) is 0 Å². The Balaban J connectivity index is 3.11. The number of rotatable bonds is 4. The first kappa shape index (κ1) is 14.9. The number of halogens is 1. The molecule has 102 valence electrons. The minimum atomic E-state index is -3.86. The molecular formula is C11H17FN2O3S. The zero-order chi connectivity index (χ0) is 14.1. The van der Waals surface area contributed by atoms with Crippen molar-refractivity contribution >= 4 is 15.7 Å². The summed E-state index contributed by atoms with van der Waals surface area (Å²) in [6.07, 6.45) is -0.884. The number of nitrogens with two attached hydrogens (primary N) is 1. The molecule has 1 rings (SSSR count). The Labute approximate surface area is 106 Å². The molecule has 0 aliphatic carbocycles. The monoisotopic (exact) mass is 276 g/mol. The van der Waals surface area contributed by atoms with E-state index in [4.69, 9.17) is 5.73 Å². The van der Waals surface area contributed by atoms with E-state index < -0.39 is 27.5 Å². The van der Waals surface area contributed by atoms with E-state index in [0.29, 0.717) is 0 Å². The molecule has 0 spiro atoms. The third-order valence-electron chi connectivity index (χ3n) is 2.72. The molecule has 0 amide bonds. The number of hydrogen-bond acceptors (Lipinski definition) is 4. The summed E-state index contributed by atoms with van der Waals surface area (Å²) in [5, 5.41) is 9.48. The molecule has 0 saturated carbocycles. The van der Waals surface area contributed by atoms with Crippen LogP contribution in [0.3, 0.4) is 0 Å². The van der Waals surface area contributed by atoms with Crippen molar-refractivity contribution in [3.63, 3.8) is 0 Å². The number of benzene rings is 1. The van der Waals surface area contributed by atoms with Crippen LogP contribution in [-0.2, 0) is 10.0 Å². The van der Waals surface area contributed by atoms with Crippen LogP contribution in [0.2, 0.25) is 0 Å². The third kappa shape index (κ3) is 3.18. The number of aliphatic hydroxyl groups is 1. The van der Waals surface area contributed by atoms with Gasteiger partial charge in [0.2, 0.25) is 10.0 Å². The molecule has 0 aromatic heterocycles. The summed E-state index contributed by atoms with van der Waals surface area (Å²) in [6, 6.07) is 3.14. The molecule has 0 radical (unpaired) electrons. The van der Waals surface area contributed by atoms with Crippen molar-refractivity contribution in [2.75, 3.05) is 5.73 Å². The molecule has 18 heavy (non-hydrogen) atoms. The van der Waals surface area contributed by atoms with Crippen LogP contribution in [0.1, 0.15) is 20.8 Å². The topological polar surface area (TPSA) is 92.4 Å². The molecule has 1 aromatic rings. The quantitative estimate of drug-likeness (QED) is 0.711. The molecule has 0 aliphatic rings. The first-order valence-corrected chi connectivity index (χ1v) is 6.81. The number of sulfonamides is 1. The molecule has 0 heterocycles. The van der Waals surface area contributed by atoms with Gasteiger partial charge >= 0.3 is 0 Å². The SMILES string of the molecule is CC(O)C(C)(C)NS(=O)(=O)c1ccc(F)c(N)c1. The summed E-state index contributed by atoms with van der Waals surface area (Å²) in [4.78, 5) is -0.143. The van der Waals surface area contributed by atoms with Gasteiger partial charge in [0.1, 0.15) is 5.82 Å². The highest BCUT2D eigenvalue weighted by Gasteiger charge is 2.30. The Morgan fingerprint density at radius 2 is 2.00 bits per heavy atom. The van der Waals surface area contributed by atoms with Crippen molar-refractivity contribution in [2.24, 2.45) is 0 Å². The number of nitrogens with one attached hydrogen (secondary N) is 1. The maximum Gasteiger partial charge on any atom is 0.241 e. The number of anilines is 1. The molecule has 0 bridgehead atoms. The van der Waals surface area contributed by atoms with Crippen molar-refractivity contribution in [1.29, 1.82) is 0 Å². The van der Waals surface area contributed by atoms with Gasteiger partial charge in [-0.25, -0.2) is 17.5 Å². The van der Waals surface area contributed by atoms with Crippen LogP contribution in [-0.4, -0.2) is 25.2 Å². The minimum absolute atomic E-state index is 0.143. The Morgan fingerprint density at radius 1 is 1.44 bits per heavy atom. The van der Waals surface area contributed by atoms with Crippen LogP contribution in [0.4, 0.5) is 10.1 Å². The summed E-state index contributed by atoms with van der Waals surface area (Å²) in [5.74, 6) is -0.677. The molecule has 0 fully saturated rings. The fourth-order valence-corrected chi connectivity index (χ4v) is 2.69. The molecule has 1 atom stereocenters. The molecular weight excluding hydrogens is 259 g/mol. The summed E-state index contributed by atoms with van der Waals surface area (Å²) in [5.41, 5.74) is 4.04. The lowest BCUT2D eigenvalue weighted by Crippen LogP contribution is -2.50. The predicted octanol–water partition coefficient (Wildman–Crippen LogP) is 0.846. The summed E-state index contributed by atoms with van der Waals surface area (Å²) < 4.78 is 39.3. The zero-order valence-corrected chi connectivity index (χ0v) is 11.3. The van der Waals surface area contributed by atoms with Gasteiger partial charge in [0.15, 0.2) is 0 Å². The van der Waals surface area contributed by atoms with Gasteiger partial charge in [0.05, 0.1) is 22.2 Å². The van der Waals surface area contributed by atoms with E-state index in [9.17, 15) is 17.9 Å². The summed E-state index contributed by atoms with van der Waals surface area (Å²) >= 11 is 0. The maximum atomic E-state index is 13.0. The fraction of sp³-hybridized carbons (Fsp3) is 0.455. The van der Waals surface area contributed by atoms with E-state index in [1.54, 1.807) is 13.8 Å². The van der Waals surface area contributed by atoms with Gasteiger partial charge in [-0.3, -0.25) is 0 Å². The normalized spacial score (nSPS) is 14.5. The van der Waals surface area contributed by atoms with Gasteiger partial charge in [-0.2, -0.15) is 0 Å². The highest BCUT2D eigenvalue weighted by molar-refractivity contribution is 7.89. The number of nitrogen functional groups attached to an aromatic ring is 1. The lowest BCUT2D eigenvalue weighted by Gasteiger charge is -2.28. The van der Waals surface area contributed by atoms with Crippen LogP contribution >= 0.6 is 0 Å². The summed E-state index contributed by atoms with van der Waals surface area (Å²) in [7, 11) is -3.86. The molecule has 0 saturated heterocycles. The second kappa shape index (κ2) is 4.83. The lowest BCUT2D eigenvalue weighted by molar-refractivity contribution is 0.111. The average Bonchev–Trinajstić information content (AvgIpc) is 2.20. The van der Waals surface area contributed by atoms with Crippen molar-refractivity contribution in [3.05, 3.63) is 24.0 Å². The highest BCUT2D eigenvalue weighted by atomic mass is 32.2. The van der Waals surface area contributed by atoms with Gasteiger partial charge in [-0.05, 0) is 39.0 Å². The third-order valence-corrected chi connectivity index (χ3v) is 4.39. The standard InChI is InChI=1S/C11H17FN2O3S/c1-7(15)11(2,3)14-18(16,17)8-4-5-9(12)10(13)6-8/h4-7,14-15H,13H2,1-3H3. The lowest BCUT2D eigenvalue weighted by atomic mass is 10.0. The fourth-order valence-electron chi connectivity index (χ4n) is 1.18. The van der Waals surface area contributed by atoms with Crippen LogP contribution in [0.15, 0.2) is 23.1 Å². The smallest absolute Gasteiger partial charge is 0.241 e. The van der Waals surface area contributed by atoms with Gasteiger partial charge in [-0.1, -0.05) is 0 Å². The van der Waals surface area contributed by atoms with Crippen LogP contribution in [0.5, 0.6) is 0 Å². The molecule has 5 nitrogen and oxygen atoms in total. The van der Waals surface area contributed by atoms with E-state index in [1.807, 2.05) is 0 Å². The number of hydrogen-bond donors (Lipinski definition) is 3. The highest BCUT2D eigenvalue weighted by Crippen LogP contribution is 2.19. The molecule has 7 heteroatoms. The molecule has 0 aliphatic heterocycles. The van der Waals surface area contributed by atoms with E-state index in [0.717, 1.165) is 18.2 Å². The van der Waals surface area contributed by atoms with Crippen molar-refractivity contribution in [3.8, 4) is 0 Å². The van der Waals surface area contributed by atoms with E-state index in [1.165, 1.54) is 6.92 Å². The van der Waals surface area contributed by atoms with E-state index in [-0.39, 0.29) is 10.6 Å². The van der Waals surface area contributed by atoms with Crippen molar-refractivity contribution in [2.45, 2.75) is 37.3 Å². The maximum absolute atomic E-state index is 13.0. The second-order valence-electron chi connectivity index (χ2n) is 4.69. The summed E-state index contributed by atoms with van der Waals surface area (Å²) in [6.45, 7) is 4.56. The largest absolute Gasteiger partial charge is 0.396 e. The first-order chi connectivity index (χ1) is 8.06. The molecule has 4 N–H and O–H groups in total. The van der Waals surface area contributed by atoms with Gasteiger partial charge < -0.3 is 10.8 Å². The van der Waals surface area contributed by atoms with Crippen molar-refractivity contribution in [1.82, 2.24) is 4.72 Å². The minimum Gasteiger partial charge on any atom is -0.396 e. The van der Waals surface area contributed by atoms with Crippen LogP contribution in [0, 0.1) is 5.82 Å². The Bertz CT molecular complexity index is 541. The van der Waals surface area contributed by atoms with Gasteiger partial charge in [-0.15, -0.1) is 0 Å². The first-order valence-electron chi connectivity index (χ1n) is 5.33. The zero-order valence-electron chi connectivity index (χ0n) is 10.4. The Kier molecular flexibility index (Phi) is 3.99. The molecule has 1 unspecified atom stereocenters. The second-order valence-corrected chi connectivity index (χ2v) is 6.37. The van der Waals surface area contributed by atoms with Crippen LogP contribution in [0.25, 0.3) is 0 Å².